The Morgan fingerprint density at radius 2 is 1.73 bits per heavy atom. The Balaban J connectivity index is -0.0000000462. The second-order valence-electron chi connectivity index (χ2n) is 1.49. The van der Waals surface area contributed by atoms with Gasteiger partial charge in [0.2, 0.25) is 0 Å². The molecule has 2 N–H and O–H groups in total. The van der Waals surface area contributed by atoms with E-state index in [0.29, 0.717) is 0 Å². The average Bonchev–Trinajstić information content (AvgIpc) is 2.08. The minimum Gasteiger partial charge on any atom is -0.468 e. The van der Waals surface area contributed by atoms with Gasteiger partial charge in [-0.25, -0.2) is 0 Å². The second-order valence-corrected chi connectivity index (χ2v) is 1.49. The van der Waals surface area contributed by atoms with Gasteiger partial charge in [-0.15, -0.1) is 0 Å². The van der Waals surface area contributed by atoms with Crippen molar-refractivity contribution >= 4 is 5.97 Å². The minimum absolute atomic E-state index is 0. The molecule has 11 heavy (non-hydrogen) atoms. The van der Waals surface area contributed by atoms with Crippen molar-refractivity contribution in [2.24, 2.45) is 5.73 Å². The SMILES string of the molecule is CC.CCC.COC(=O)CN.[HH]. The van der Waals surface area contributed by atoms with E-state index in [1.807, 2.05) is 13.8 Å². The van der Waals surface area contributed by atoms with Crippen LogP contribution in [0.5, 0.6) is 0 Å². The highest BCUT2D eigenvalue weighted by molar-refractivity contribution is 5.70. The molecule has 0 unspecified atom stereocenters. The predicted molar refractivity (Wildman–Crippen MR) is 50.5 cm³/mol. The quantitative estimate of drug-likeness (QED) is 0.603. The number of nitrogens with two attached hydrogens (primary N) is 1. The topological polar surface area (TPSA) is 52.3 Å². The molecular weight excluding hydrogens is 142 g/mol. The van der Waals surface area contributed by atoms with E-state index in [2.05, 4.69) is 18.6 Å². The molecule has 0 atom stereocenters. The molecule has 0 aromatic rings. The number of carbonyl (C=O) groups excluding carboxylic acids is 1. The number of hydrogen-bond acceptors (Lipinski definition) is 3. The summed E-state index contributed by atoms with van der Waals surface area (Å²) in [6, 6.07) is 0. The van der Waals surface area contributed by atoms with Gasteiger partial charge in [-0.3, -0.25) is 4.79 Å². The van der Waals surface area contributed by atoms with Gasteiger partial charge in [-0.2, -0.15) is 0 Å². The molecule has 0 bridgehead atoms. The lowest BCUT2D eigenvalue weighted by Crippen LogP contribution is -2.14. The van der Waals surface area contributed by atoms with Crippen molar-refractivity contribution in [3.05, 3.63) is 0 Å². The standard InChI is InChI=1S/C3H7NO2.C3H8.C2H6.H2/c1-6-3(5)2-4;1-3-2;1-2;/h2,4H2,1H3;3H2,1-2H3;1-2H3;1H. The Morgan fingerprint density at radius 1 is 1.45 bits per heavy atom. The van der Waals surface area contributed by atoms with Crippen molar-refractivity contribution in [2.75, 3.05) is 13.7 Å². The van der Waals surface area contributed by atoms with Crippen LogP contribution in [0, 0.1) is 0 Å². The average molecular weight is 165 g/mol. The van der Waals surface area contributed by atoms with Crippen LogP contribution in [0.25, 0.3) is 0 Å². The van der Waals surface area contributed by atoms with Crippen molar-refractivity contribution in [2.45, 2.75) is 34.1 Å². The fraction of sp³-hybridized carbons (Fsp3) is 0.875. The lowest BCUT2D eigenvalue weighted by molar-refractivity contribution is -0.138. The Labute approximate surface area is 71.4 Å². The Kier molecular flexibility index (Phi) is 34.7. The normalized spacial score (nSPS) is 6.36. The number of carbonyl (C=O) groups is 1. The summed E-state index contributed by atoms with van der Waals surface area (Å²) >= 11 is 0. The molecule has 0 spiro atoms. The number of ether oxygens (including phenoxy) is 1. The summed E-state index contributed by atoms with van der Waals surface area (Å²) < 4.78 is 4.14. The molecule has 3 heteroatoms. The van der Waals surface area contributed by atoms with Crippen molar-refractivity contribution in [1.29, 1.82) is 0 Å². The van der Waals surface area contributed by atoms with Gasteiger partial charge in [-0.1, -0.05) is 34.1 Å². The number of hydrogen-bond donors (Lipinski definition) is 1. The van der Waals surface area contributed by atoms with Crippen molar-refractivity contribution in [1.82, 2.24) is 0 Å². The largest absolute Gasteiger partial charge is 0.468 e. The predicted octanol–water partition coefficient (Wildman–Crippen LogP) is 1.81. The summed E-state index contributed by atoms with van der Waals surface area (Å²) in [5.74, 6) is -0.380. The monoisotopic (exact) mass is 165 g/mol. The summed E-state index contributed by atoms with van der Waals surface area (Å²) in [7, 11) is 1.30. The molecule has 0 fully saturated rings. The third-order valence-corrected chi connectivity index (χ3v) is 0.394. The van der Waals surface area contributed by atoms with E-state index in [9.17, 15) is 4.79 Å². The van der Waals surface area contributed by atoms with Gasteiger partial charge in [0.1, 0.15) is 0 Å². The van der Waals surface area contributed by atoms with E-state index in [0.717, 1.165) is 0 Å². The molecule has 0 heterocycles. The first-order chi connectivity index (χ1) is 5.22. The van der Waals surface area contributed by atoms with Gasteiger partial charge in [0.15, 0.2) is 0 Å². The number of rotatable bonds is 1. The van der Waals surface area contributed by atoms with Crippen LogP contribution in [-0.4, -0.2) is 19.6 Å². The maximum absolute atomic E-state index is 9.83. The van der Waals surface area contributed by atoms with Crippen LogP contribution < -0.4 is 5.73 Å². The highest BCUT2D eigenvalue weighted by Gasteiger charge is 1.87. The zero-order valence-electron chi connectivity index (χ0n) is 8.31. The Hall–Kier alpha value is -0.570. The van der Waals surface area contributed by atoms with Crippen LogP contribution in [0.4, 0.5) is 0 Å². The first-order valence-corrected chi connectivity index (χ1v) is 3.99. The van der Waals surface area contributed by atoms with Crippen LogP contribution in [0.3, 0.4) is 0 Å². The fourth-order valence-electron chi connectivity index (χ4n) is 0.0833. The molecule has 0 radical (unpaired) electrons. The highest BCUT2D eigenvalue weighted by Crippen LogP contribution is 1.61. The van der Waals surface area contributed by atoms with E-state index >= 15 is 0 Å². The van der Waals surface area contributed by atoms with E-state index < -0.39 is 0 Å². The molecule has 0 aromatic heterocycles. The van der Waals surface area contributed by atoms with Gasteiger partial charge < -0.3 is 10.5 Å². The van der Waals surface area contributed by atoms with Gasteiger partial charge in [-0.05, 0) is 0 Å². The zero-order valence-corrected chi connectivity index (χ0v) is 8.31. The lowest BCUT2D eigenvalue weighted by Gasteiger charge is -1.87. The van der Waals surface area contributed by atoms with Crippen LogP contribution in [0.2, 0.25) is 0 Å². The third-order valence-electron chi connectivity index (χ3n) is 0.394. The molecule has 0 saturated heterocycles. The molecule has 72 valence electrons. The summed E-state index contributed by atoms with van der Waals surface area (Å²) in [6.45, 7) is 8.22. The van der Waals surface area contributed by atoms with E-state index in [1.54, 1.807) is 0 Å². The lowest BCUT2D eigenvalue weighted by atomic mass is 10.6. The third kappa shape index (κ3) is 44.2. The van der Waals surface area contributed by atoms with Gasteiger partial charge >= 0.3 is 5.97 Å². The number of methoxy groups -OCH3 is 1. The number of esters is 1. The van der Waals surface area contributed by atoms with Crippen molar-refractivity contribution < 1.29 is 11.0 Å². The molecule has 0 rings (SSSR count). The molecule has 0 saturated carbocycles. The smallest absolute Gasteiger partial charge is 0.319 e. The second kappa shape index (κ2) is 22.7. The van der Waals surface area contributed by atoms with Gasteiger partial charge in [0.25, 0.3) is 0 Å². The van der Waals surface area contributed by atoms with Crippen LogP contribution in [0.15, 0.2) is 0 Å². The first-order valence-electron chi connectivity index (χ1n) is 3.99. The van der Waals surface area contributed by atoms with Crippen LogP contribution in [0.1, 0.15) is 35.5 Å². The zero-order chi connectivity index (χ0) is 9.70. The molecule has 0 amide bonds. The van der Waals surface area contributed by atoms with Crippen molar-refractivity contribution in [3.63, 3.8) is 0 Å². The van der Waals surface area contributed by atoms with E-state index in [1.165, 1.54) is 13.5 Å². The van der Waals surface area contributed by atoms with Gasteiger partial charge in [0, 0.05) is 1.43 Å². The maximum atomic E-state index is 9.83. The molecule has 3 nitrogen and oxygen atoms in total. The summed E-state index contributed by atoms with van der Waals surface area (Å²) in [6.07, 6.45) is 1.25. The molecular formula is C8H23NO2. The summed E-state index contributed by atoms with van der Waals surface area (Å²) in [5.41, 5.74) is 4.81. The van der Waals surface area contributed by atoms with Gasteiger partial charge in [0.05, 0.1) is 13.7 Å². The molecule has 0 aliphatic carbocycles. The highest BCUT2D eigenvalue weighted by atomic mass is 16.5. The van der Waals surface area contributed by atoms with Crippen LogP contribution in [-0.2, 0) is 9.53 Å². The summed E-state index contributed by atoms with van der Waals surface area (Å²) in [5, 5.41) is 0. The fourth-order valence-corrected chi connectivity index (χ4v) is 0.0833. The Bertz CT molecular complexity index is 64.1. The molecule has 0 aliphatic rings. The Morgan fingerprint density at radius 3 is 1.73 bits per heavy atom. The van der Waals surface area contributed by atoms with E-state index in [-0.39, 0.29) is 13.9 Å². The van der Waals surface area contributed by atoms with Crippen LogP contribution >= 0.6 is 0 Å². The minimum atomic E-state index is -0.380. The summed E-state index contributed by atoms with van der Waals surface area (Å²) in [4.78, 5) is 9.83. The van der Waals surface area contributed by atoms with E-state index in [4.69, 9.17) is 5.73 Å². The first kappa shape index (κ1) is 16.8. The maximum Gasteiger partial charge on any atom is 0.319 e. The van der Waals surface area contributed by atoms with Crippen molar-refractivity contribution in [3.8, 4) is 0 Å². The molecule has 0 aromatic carbocycles. The molecule has 0 aliphatic heterocycles.